The first-order chi connectivity index (χ1) is 5.70. The highest BCUT2D eigenvalue weighted by Gasteiger charge is 2.31. The van der Waals surface area contributed by atoms with E-state index in [-0.39, 0.29) is 11.4 Å². The smallest absolute Gasteiger partial charge is 0.284 e. The summed E-state index contributed by atoms with van der Waals surface area (Å²) in [5.41, 5.74) is 5.57. The fourth-order valence-corrected chi connectivity index (χ4v) is 1.02. The van der Waals surface area contributed by atoms with E-state index >= 15 is 0 Å². The van der Waals surface area contributed by atoms with Crippen LogP contribution in [0.5, 0.6) is 0 Å². The lowest BCUT2D eigenvalue weighted by molar-refractivity contribution is -0.170. The first-order valence-electron chi connectivity index (χ1n) is 3.30. The Bertz CT molecular complexity index is 330. The fraction of sp³-hybridized carbons (Fsp3) is 0.167. The molecule has 1 amide bonds. The number of hydrogen-bond donors (Lipinski definition) is 2. The van der Waals surface area contributed by atoms with E-state index in [0.717, 1.165) is 0 Å². The van der Waals surface area contributed by atoms with Crippen molar-refractivity contribution in [2.75, 3.05) is 0 Å². The zero-order chi connectivity index (χ0) is 8.72. The molecule has 0 fully saturated rings. The quantitative estimate of drug-likeness (QED) is 0.446. The molecule has 6 heteroatoms. The molecule has 0 aliphatic carbocycles. The van der Waals surface area contributed by atoms with Crippen LogP contribution >= 0.6 is 0 Å². The number of hydrogen-bond acceptors (Lipinski definition) is 5. The van der Waals surface area contributed by atoms with Gasteiger partial charge in [0.2, 0.25) is 6.29 Å². The van der Waals surface area contributed by atoms with Gasteiger partial charge in [0.15, 0.2) is 5.84 Å². The summed E-state index contributed by atoms with van der Waals surface area (Å²) in [5, 5.41) is 9.43. The van der Waals surface area contributed by atoms with Crippen LogP contribution in [0.3, 0.4) is 0 Å². The maximum absolute atomic E-state index is 11.2. The van der Waals surface area contributed by atoms with Crippen LogP contribution in [0.25, 0.3) is 0 Å². The van der Waals surface area contributed by atoms with Crippen LogP contribution in [0.1, 0.15) is 0 Å². The number of allylic oxidation sites excluding steroid dienone is 1. The second kappa shape index (κ2) is 2.23. The van der Waals surface area contributed by atoms with Crippen molar-refractivity contribution in [3.63, 3.8) is 0 Å². The topological polar surface area (TPSA) is 91.3 Å². The summed E-state index contributed by atoms with van der Waals surface area (Å²) in [6.45, 7) is 0. The maximum atomic E-state index is 11.2. The third-order valence-electron chi connectivity index (χ3n) is 1.62. The monoisotopic (exact) mass is 166 g/mol. The number of amides is 1. The molecule has 0 aromatic rings. The number of carbonyl (C=O) groups excluding carboxylic acids is 1. The summed E-state index contributed by atoms with van der Waals surface area (Å²) in [6.07, 6.45) is 1.88. The second-order valence-electron chi connectivity index (χ2n) is 2.37. The van der Waals surface area contributed by atoms with Gasteiger partial charge in [-0.05, 0) is 6.08 Å². The summed E-state index contributed by atoms with van der Waals surface area (Å²) in [7, 11) is 0. The largest absolute Gasteiger partial charge is 0.290 e. The lowest BCUT2D eigenvalue weighted by Crippen LogP contribution is -2.47. The van der Waals surface area contributed by atoms with Gasteiger partial charge in [-0.15, -0.1) is 0 Å². The number of carbonyl (C=O) groups is 1. The van der Waals surface area contributed by atoms with E-state index in [0.29, 0.717) is 5.06 Å². The van der Waals surface area contributed by atoms with Crippen LogP contribution in [0.15, 0.2) is 21.6 Å². The first kappa shape index (κ1) is 7.14. The SMILES string of the molecule is NC1N=C2N=CC=C2C(=O)N1O. The lowest BCUT2D eigenvalue weighted by Gasteiger charge is -2.23. The van der Waals surface area contributed by atoms with Crippen molar-refractivity contribution < 1.29 is 10.0 Å². The Hall–Kier alpha value is -1.53. The van der Waals surface area contributed by atoms with Crippen molar-refractivity contribution >= 4 is 18.0 Å². The zero-order valence-electron chi connectivity index (χ0n) is 6.01. The molecule has 62 valence electrons. The number of aliphatic imine (C=N–C) groups is 2. The molecule has 1 atom stereocenters. The summed E-state index contributed by atoms with van der Waals surface area (Å²) in [5.74, 6) is -0.275. The highest BCUT2D eigenvalue weighted by Crippen LogP contribution is 2.15. The summed E-state index contributed by atoms with van der Waals surface area (Å²) >= 11 is 0. The molecular weight excluding hydrogens is 160 g/mol. The third-order valence-corrected chi connectivity index (χ3v) is 1.62. The van der Waals surface area contributed by atoms with Gasteiger partial charge < -0.3 is 0 Å². The number of nitrogens with two attached hydrogens (primary N) is 1. The minimum atomic E-state index is -1.04. The van der Waals surface area contributed by atoms with Gasteiger partial charge in [0.1, 0.15) is 0 Å². The van der Waals surface area contributed by atoms with E-state index in [2.05, 4.69) is 9.98 Å². The minimum absolute atomic E-state index is 0.277. The van der Waals surface area contributed by atoms with Gasteiger partial charge in [0.25, 0.3) is 5.91 Å². The van der Waals surface area contributed by atoms with Crippen LogP contribution in [0, 0.1) is 0 Å². The Morgan fingerprint density at radius 3 is 3.17 bits per heavy atom. The van der Waals surface area contributed by atoms with Crippen LogP contribution in [-0.4, -0.2) is 34.5 Å². The normalized spacial score (nSPS) is 27.0. The van der Waals surface area contributed by atoms with Crippen molar-refractivity contribution in [1.82, 2.24) is 5.06 Å². The van der Waals surface area contributed by atoms with Gasteiger partial charge in [0.05, 0.1) is 5.57 Å². The summed E-state index contributed by atoms with van der Waals surface area (Å²) in [4.78, 5) is 18.7. The minimum Gasteiger partial charge on any atom is -0.290 e. The summed E-state index contributed by atoms with van der Waals surface area (Å²) in [6, 6.07) is 0. The van der Waals surface area contributed by atoms with Gasteiger partial charge in [0, 0.05) is 6.21 Å². The molecule has 12 heavy (non-hydrogen) atoms. The molecule has 2 rings (SSSR count). The van der Waals surface area contributed by atoms with Crippen LogP contribution in [-0.2, 0) is 4.79 Å². The molecule has 6 nitrogen and oxygen atoms in total. The van der Waals surface area contributed by atoms with E-state index in [1.54, 1.807) is 0 Å². The molecule has 2 aliphatic heterocycles. The van der Waals surface area contributed by atoms with Crippen molar-refractivity contribution in [1.29, 1.82) is 0 Å². The number of rotatable bonds is 0. The van der Waals surface area contributed by atoms with Gasteiger partial charge in [-0.25, -0.2) is 9.98 Å². The maximum Gasteiger partial charge on any atom is 0.284 e. The molecule has 2 aliphatic rings. The molecule has 0 bridgehead atoms. The molecule has 1 unspecified atom stereocenters. The average Bonchev–Trinajstić information content (AvgIpc) is 2.48. The molecule has 0 saturated heterocycles. The Morgan fingerprint density at radius 2 is 2.42 bits per heavy atom. The van der Waals surface area contributed by atoms with E-state index in [1.165, 1.54) is 12.3 Å². The van der Waals surface area contributed by atoms with E-state index in [9.17, 15) is 4.79 Å². The van der Waals surface area contributed by atoms with Gasteiger partial charge in [-0.1, -0.05) is 0 Å². The van der Waals surface area contributed by atoms with Gasteiger partial charge >= 0.3 is 0 Å². The number of nitrogens with zero attached hydrogens (tertiary/aromatic N) is 3. The van der Waals surface area contributed by atoms with Crippen molar-refractivity contribution in [2.45, 2.75) is 6.29 Å². The number of amidine groups is 1. The molecule has 0 spiro atoms. The Labute approximate surface area is 67.7 Å². The van der Waals surface area contributed by atoms with Crippen molar-refractivity contribution in [3.8, 4) is 0 Å². The predicted octanol–water partition coefficient (Wildman–Crippen LogP) is -1.13. The Kier molecular flexibility index (Phi) is 1.32. The van der Waals surface area contributed by atoms with E-state index in [1.807, 2.05) is 0 Å². The van der Waals surface area contributed by atoms with Crippen molar-refractivity contribution in [2.24, 2.45) is 15.7 Å². The molecular formula is C6H6N4O2. The van der Waals surface area contributed by atoms with Crippen LogP contribution in [0.4, 0.5) is 0 Å². The number of hydroxylamine groups is 2. The molecule has 0 radical (unpaired) electrons. The second-order valence-corrected chi connectivity index (χ2v) is 2.37. The lowest BCUT2D eigenvalue weighted by atomic mass is 10.2. The van der Waals surface area contributed by atoms with Gasteiger partial charge in [-0.3, -0.25) is 15.7 Å². The van der Waals surface area contributed by atoms with Crippen LogP contribution in [0.2, 0.25) is 0 Å². The van der Waals surface area contributed by atoms with Crippen molar-refractivity contribution in [3.05, 3.63) is 11.6 Å². The Balaban J connectivity index is 2.47. The predicted molar refractivity (Wildman–Crippen MR) is 40.6 cm³/mol. The summed E-state index contributed by atoms with van der Waals surface area (Å²) < 4.78 is 0. The molecule has 0 aromatic heterocycles. The average molecular weight is 166 g/mol. The fourth-order valence-electron chi connectivity index (χ4n) is 1.02. The highest BCUT2D eigenvalue weighted by atomic mass is 16.5. The number of fused-ring (bicyclic) bond motifs is 1. The van der Waals surface area contributed by atoms with E-state index in [4.69, 9.17) is 10.9 Å². The van der Waals surface area contributed by atoms with Gasteiger partial charge in [-0.2, -0.15) is 5.06 Å². The third kappa shape index (κ3) is 0.789. The van der Waals surface area contributed by atoms with E-state index < -0.39 is 12.2 Å². The first-order valence-corrected chi connectivity index (χ1v) is 3.30. The highest BCUT2D eigenvalue weighted by molar-refractivity contribution is 6.28. The Morgan fingerprint density at radius 1 is 1.67 bits per heavy atom. The molecule has 2 heterocycles. The van der Waals surface area contributed by atoms with Crippen LogP contribution < -0.4 is 5.73 Å². The molecule has 0 saturated carbocycles. The molecule has 3 N–H and O–H groups in total. The zero-order valence-corrected chi connectivity index (χ0v) is 6.01. The molecule has 0 aromatic carbocycles. The standard InChI is InChI=1S/C6H6N4O2/c7-6-9-4-3(1-2-8-4)5(11)10(6)12/h1-2,6,12H,7H2.